The van der Waals surface area contributed by atoms with Crippen LogP contribution >= 0.6 is 35.0 Å². The Labute approximate surface area is 124 Å². The smallest absolute Gasteiger partial charge is 0.360 e. The van der Waals surface area contributed by atoms with Gasteiger partial charge in [-0.3, -0.25) is 0 Å². The minimum absolute atomic E-state index is 0.0185. The zero-order valence-electron chi connectivity index (χ0n) is 9.44. The number of hydrogen-bond acceptors (Lipinski definition) is 1. The highest BCUT2D eigenvalue weighted by molar-refractivity contribution is 8.02. The Hall–Kier alpha value is -0.660. The van der Waals surface area contributed by atoms with Crippen LogP contribution in [0, 0.1) is 0 Å². The lowest BCUT2D eigenvalue weighted by Gasteiger charge is -2.30. The fourth-order valence-corrected chi connectivity index (χ4v) is 2.89. The number of aromatic amines is 1. The molecule has 1 heterocycles. The van der Waals surface area contributed by atoms with Crippen molar-refractivity contribution in [1.82, 2.24) is 4.98 Å². The SMILES string of the molecule is FC(F)(F)C(F)(Cl)C(F)(Cl)Sc1c[nH]c2ccccc12. The molecular weight excluding hydrogens is 344 g/mol. The number of benzene rings is 1. The van der Waals surface area contributed by atoms with Crippen LogP contribution in [0.5, 0.6) is 0 Å². The Morgan fingerprint density at radius 3 is 2.20 bits per heavy atom. The molecule has 0 aliphatic carbocycles. The molecule has 0 radical (unpaired) electrons. The molecule has 110 valence electrons. The molecule has 9 heteroatoms. The van der Waals surface area contributed by atoms with E-state index in [0.29, 0.717) is 10.9 Å². The van der Waals surface area contributed by atoms with Crippen molar-refractivity contribution in [3.8, 4) is 0 Å². The molecular formula is C11H6Cl2F5NS. The quantitative estimate of drug-likeness (QED) is 0.434. The van der Waals surface area contributed by atoms with Gasteiger partial charge in [-0.25, -0.2) is 8.78 Å². The lowest BCUT2D eigenvalue weighted by atomic mass is 10.2. The number of aromatic nitrogens is 1. The van der Waals surface area contributed by atoms with Crippen molar-refractivity contribution in [3.05, 3.63) is 30.5 Å². The zero-order chi connectivity index (χ0) is 15.2. The third kappa shape index (κ3) is 2.58. The summed E-state index contributed by atoms with van der Waals surface area (Å²) in [6.07, 6.45) is -4.42. The number of nitrogens with one attached hydrogen (secondary N) is 1. The molecule has 0 saturated carbocycles. The van der Waals surface area contributed by atoms with E-state index < -0.39 is 15.8 Å². The number of fused-ring (bicyclic) bond motifs is 1. The van der Waals surface area contributed by atoms with Crippen LogP contribution in [0.15, 0.2) is 35.4 Å². The summed E-state index contributed by atoms with van der Waals surface area (Å²) in [6, 6.07) is 6.43. The van der Waals surface area contributed by atoms with E-state index >= 15 is 0 Å². The molecule has 2 unspecified atom stereocenters. The molecule has 2 aromatic rings. The van der Waals surface area contributed by atoms with Crippen molar-refractivity contribution < 1.29 is 22.0 Å². The number of H-pyrrole nitrogens is 1. The van der Waals surface area contributed by atoms with Crippen molar-refractivity contribution in [3.63, 3.8) is 0 Å². The van der Waals surface area contributed by atoms with Crippen LogP contribution in [0.3, 0.4) is 0 Å². The van der Waals surface area contributed by atoms with E-state index in [4.69, 9.17) is 11.6 Å². The van der Waals surface area contributed by atoms with Crippen LogP contribution in [0.4, 0.5) is 22.0 Å². The Kier molecular flexibility index (Phi) is 3.90. The largest absolute Gasteiger partial charge is 0.442 e. The van der Waals surface area contributed by atoms with Gasteiger partial charge >= 0.3 is 11.3 Å². The lowest BCUT2D eigenvalue weighted by molar-refractivity contribution is -0.211. The van der Waals surface area contributed by atoms with Gasteiger partial charge in [0.15, 0.2) is 0 Å². The second-order valence-corrected chi connectivity index (χ2v) is 6.36. The molecule has 0 aliphatic rings. The Morgan fingerprint density at radius 2 is 1.60 bits per heavy atom. The summed E-state index contributed by atoms with van der Waals surface area (Å²) in [5.74, 6) is 0. The van der Waals surface area contributed by atoms with Crippen molar-refractivity contribution in [1.29, 1.82) is 0 Å². The average molecular weight is 350 g/mol. The number of alkyl halides is 7. The van der Waals surface area contributed by atoms with Crippen molar-refractivity contribution in [2.45, 2.75) is 20.7 Å². The molecule has 1 aromatic carbocycles. The minimum atomic E-state index is -5.65. The summed E-state index contributed by atoms with van der Waals surface area (Å²) in [5, 5.41) is -4.31. The number of para-hydroxylation sites is 1. The fourth-order valence-electron chi connectivity index (χ4n) is 1.50. The van der Waals surface area contributed by atoms with Crippen molar-refractivity contribution in [2.75, 3.05) is 0 Å². The molecule has 2 atom stereocenters. The molecule has 0 aliphatic heterocycles. The molecule has 1 aromatic heterocycles. The summed E-state index contributed by atoms with van der Waals surface area (Å²) in [4.78, 5) is 2.73. The molecule has 20 heavy (non-hydrogen) atoms. The first-order valence-corrected chi connectivity index (χ1v) is 6.71. The summed E-state index contributed by atoms with van der Waals surface area (Å²) in [7, 11) is 0. The van der Waals surface area contributed by atoms with Gasteiger partial charge in [-0.1, -0.05) is 53.2 Å². The first-order valence-electron chi connectivity index (χ1n) is 5.14. The van der Waals surface area contributed by atoms with Gasteiger partial charge in [0.05, 0.1) is 0 Å². The zero-order valence-corrected chi connectivity index (χ0v) is 11.8. The third-order valence-electron chi connectivity index (χ3n) is 2.51. The molecule has 1 N–H and O–H groups in total. The van der Waals surface area contributed by atoms with Gasteiger partial charge in [0, 0.05) is 22.0 Å². The normalized spacial score (nSPS) is 18.8. The first-order chi connectivity index (χ1) is 9.06. The van der Waals surface area contributed by atoms with E-state index in [1.165, 1.54) is 12.3 Å². The standard InChI is InChI=1S/C11H6Cl2F5NS/c12-9(14,11(16,17)18)10(13,15)20-8-5-19-7-4-2-1-3-6(7)8/h1-5,19H. The molecule has 0 saturated heterocycles. The lowest BCUT2D eigenvalue weighted by Crippen LogP contribution is -2.48. The second-order valence-electron chi connectivity index (χ2n) is 3.89. The van der Waals surface area contributed by atoms with Gasteiger partial charge in [0.1, 0.15) is 0 Å². The number of halogens is 7. The summed E-state index contributed by atoms with van der Waals surface area (Å²) >= 11 is 9.56. The molecule has 2 rings (SSSR count). The Morgan fingerprint density at radius 1 is 1.00 bits per heavy atom. The van der Waals surface area contributed by atoms with Crippen LogP contribution in [-0.4, -0.2) is 20.7 Å². The molecule has 0 fully saturated rings. The monoisotopic (exact) mass is 349 g/mol. The van der Waals surface area contributed by atoms with E-state index in [2.05, 4.69) is 16.6 Å². The first kappa shape index (κ1) is 15.7. The highest BCUT2D eigenvalue weighted by Gasteiger charge is 2.69. The predicted octanol–water partition coefficient (Wildman–Crippen LogP) is 5.59. The number of rotatable bonds is 3. The Bertz CT molecular complexity index is 623. The van der Waals surface area contributed by atoms with Crippen LogP contribution in [-0.2, 0) is 0 Å². The average Bonchev–Trinajstić information content (AvgIpc) is 2.71. The van der Waals surface area contributed by atoms with Crippen molar-refractivity contribution >= 4 is 45.9 Å². The number of hydrogen-bond donors (Lipinski definition) is 1. The minimum Gasteiger partial charge on any atom is -0.360 e. The maximum atomic E-state index is 13.9. The molecule has 0 amide bonds. The predicted molar refractivity (Wildman–Crippen MR) is 69.6 cm³/mol. The summed E-state index contributed by atoms with van der Waals surface area (Å²) in [6.45, 7) is 0. The van der Waals surface area contributed by atoms with Crippen molar-refractivity contribution in [2.24, 2.45) is 0 Å². The fraction of sp³-hybridized carbons (Fsp3) is 0.273. The summed E-state index contributed by atoms with van der Waals surface area (Å²) < 4.78 is 60.8. The maximum absolute atomic E-state index is 13.9. The molecule has 1 nitrogen and oxygen atoms in total. The van der Waals surface area contributed by atoms with E-state index in [9.17, 15) is 22.0 Å². The number of thioether (sulfide) groups is 1. The van der Waals surface area contributed by atoms with Crippen LogP contribution in [0.25, 0.3) is 10.9 Å². The highest BCUT2D eigenvalue weighted by atomic mass is 35.5. The van der Waals surface area contributed by atoms with E-state index in [1.807, 2.05) is 0 Å². The van der Waals surface area contributed by atoms with Gasteiger partial charge in [0.2, 0.25) is 0 Å². The maximum Gasteiger partial charge on any atom is 0.442 e. The van der Waals surface area contributed by atoms with Gasteiger partial charge in [-0.05, 0) is 6.07 Å². The third-order valence-corrected chi connectivity index (χ3v) is 4.78. The van der Waals surface area contributed by atoms with Crippen LogP contribution in [0.1, 0.15) is 0 Å². The summed E-state index contributed by atoms with van der Waals surface area (Å²) in [5.41, 5.74) is 0.550. The second kappa shape index (κ2) is 4.96. The topological polar surface area (TPSA) is 15.8 Å². The highest BCUT2D eigenvalue weighted by Crippen LogP contribution is 2.57. The van der Waals surface area contributed by atoms with Gasteiger partial charge in [-0.2, -0.15) is 13.2 Å². The van der Waals surface area contributed by atoms with Crippen LogP contribution < -0.4 is 0 Å². The van der Waals surface area contributed by atoms with E-state index in [1.54, 1.807) is 18.2 Å². The van der Waals surface area contributed by atoms with Crippen LogP contribution in [0.2, 0.25) is 0 Å². The molecule has 0 bridgehead atoms. The van der Waals surface area contributed by atoms with Gasteiger partial charge < -0.3 is 4.98 Å². The Balaban J connectivity index is 2.38. The van der Waals surface area contributed by atoms with E-state index in [0.717, 1.165) is 0 Å². The molecule has 0 spiro atoms. The van der Waals surface area contributed by atoms with Gasteiger partial charge in [-0.15, -0.1) is 0 Å². The van der Waals surface area contributed by atoms with Gasteiger partial charge in [0.25, 0.3) is 4.46 Å². The van der Waals surface area contributed by atoms with E-state index in [-0.39, 0.29) is 16.7 Å².